The van der Waals surface area contributed by atoms with E-state index in [2.05, 4.69) is 157 Å². The van der Waals surface area contributed by atoms with E-state index >= 15 is 0 Å². The van der Waals surface area contributed by atoms with Gasteiger partial charge in [0, 0.05) is 74.7 Å². The Morgan fingerprint density at radius 3 is 1.61 bits per heavy atom. The van der Waals surface area contributed by atoms with Gasteiger partial charge in [0.05, 0.1) is 0 Å². The molecule has 4 rings (SSSR count). The summed E-state index contributed by atoms with van der Waals surface area (Å²) >= 11 is 0. The first-order valence-corrected chi connectivity index (χ1v) is 18.5. The number of anilines is 2. The van der Waals surface area contributed by atoms with Crippen LogP contribution in [0, 0.1) is 0 Å². The molecule has 2 aromatic carbocycles. The summed E-state index contributed by atoms with van der Waals surface area (Å²) in [6, 6.07) is 22.1. The first-order valence-electron chi connectivity index (χ1n) is 16.0. The van der Waals surface area contributed by atoms with E-state index in [9.17, 15) is 0 Å². The second-order valence-corrected chi connectivity index (χ2v) is 14.0. The number of aryl methyl sites for hydroxylation is 1. The number of pyridine rings is 1. The standard InChI is InChI=1S/C38H50N4S2/c1-5-41-27-21-35(22-28-41)11-9-33-13-17-37(18-14-33)39(3)25-7-31-43-44-32-8-26-40(4)38-19-15-34(16-20-38)10-12-36-23-29-42(6-2)30-24-36/h9-23,27-29H,5-8,24-26,30-32H2,1-4H3/q+2. The maximum Gasteiger partial charge on any atom is 0.169 e. The number of allylic oxidation sites excluding steroid dienone is 2. The second kappa shape index (κ2) is 18.6. The largest absolute Gasteiger partial charge is 0.375 e. The van der Waals surface area contributed by atoms with Gasteiger partial charge in [-0.3, -0.25) is 0 Å². The summed E-state index contributed by atoms with van der Waals surface area (Å²) in [7, 11) is 8.42. The molecule has 0 atom stereocenters. The number of rotatable bonds is 17. The zero-order valence-electron chi connectivity index (χ0n) is 27.1. The van der Waals surface area contributed by atoms with Gasteiger partial charge in [-0.2, -0.15) is 0 Å². The maximum atomic E-state index is 2.37. The Morgan fingerprint density at radius 2 is 1.16 bits per heavy atom. The van der Waals surface area contributed by atoms with Crippen LogP contribution in [0.4, 0.5) is 11.4 Å². The zero-order chi connectivity index (χ0) is 31.0. The van der Waals surface area contributed by atoms with Crippen LogP contribution in [0.2, 0.25) is 0 Å². The third-order valence-corrected chi connectivity index (χ3v) is 10.6. The van der Waals surface area contributed by atoms with Gasteiger partial charge in [-0.15, -0.1) is 0 Å². The Hall–Kier alpha value is -3.22. The smallest absolute Gasteiger partial charge is 0.169 e. The van der Waals surface area contributed by atoms with Gasteiger partial charge in [0.25, 0.3) is 0 Å². The number of benzene rings is 2. The third-order valence-electron chi connectivity index (χ3n) is 8.03. The molecule has 0 fully saturated rings. The highest BCUT2D eigenvalue weighted by Gasteiger charge is 2.07. The van der Waals surface area contributed by atoms with E-state index in [1.807, 2.05) is 21.6 Å². The van der Waals surface area contributed by atoms with E-state index in [0.717, 1.165) is 39.1 Å². The fourth-order valence-corrected chi connectivity index (χ4v) is 7.14. The van der Waals surface area contributed by atoms with Crippen LogP contribution in [0.15, 0.2) is 90.8 Å². The van der Waals surface area contributed by atoms with Gasteiger partial charge in [-0.05, 0) is 73.2 Å². The Morgan fingerprint density at radius 1 is 0.659 bits per heavy atom. The molecule has 0 bridgehead atoms. The second-order valence-electron chi connectivity index (χ2n) is 11.3. The normalized spacial score (nSPS) is 13.4. The van der Waals surface area contributed by atoms with Crippen molar-refractivity contribution in [2.24, 2.45) is 0 Å². The van der Waals surface area contributed by atoms with Crippen LogP contribution in [0.1, 0.15) is 49.8 Å². The highest BCUT2D eigenvalue weighted by atomic mass is 33.1. The minimum Gasteiger partial charge on any atom is -0.375 e. The Bertz CT molecular complexity index is 1390. The van der Waals surface area contributed by atoms with Crippen molar-refractivity contribution in [2.75, 3.05) is 61.6 Å². The molecule has 44 heavy (non-hydrogen) atoms. The van der Waals surface area contributed by atoms with Crippen LogP contribution in [-0.4, -0.2) is 62.6 Å². The van der Waals surface area contributed by atoms with Gasteiger partial charge in [-0.1, -0.05) is 70.2 Å². The topological polar surface area (TPSA) is 13.4 Å². The fourth-order valence-electron chi connectivity index (χ4n) is 5.00. The van der Waals surface area contributed by atoms with Gasteiger partial charge in [0.2, 0.25) is 0 Å². The van der Waals surface area contributed by atoms with Gasteiger partial charge >= 0.3 is 0 Å². The lowest BCUT2D eigenvalue weighted by molar-refractivity contribution is -0.693. The molecule has 0 amide bonds. The summed E-state index contributed by atoms with van der Waals surface area (Å²) < 4.78 is 4.53. The number of hydrogen-bond acceptors (Lipinski definition) is 4. The quantitative estimate of drug-likeness (QED) is 0.0849. The van der Waals surface area contributed by atoms with E-state index in [0.29, 0.717) is 0 Å². The van der Waals surface area contributed by atoms with Crippen LogP contribution in [-0.2, 0) is 6.54 Å². The van der Waals surface area contributed by atoms with Gasteiger partial charge < -0.3 is 9.80 Å². The van der Waals surface area contributed by atoms with Crippen molar-refractivity contribution in [2.45, 2.75) is 39.7 Å². The van der Waals surface area contributed by atoms with Crippen molar-refractivity contribution in [3.05, 3.63) is 107 Å². The van der Waals surface area contributed by atoms with Crippen LogP contribution in [0.3, 0.4) is 0 Å². The predicted molar refractivity (Wildman–Crippen MR) is 198 cm³/mol. The Labute approximate surface area is 274 Å². The van der Waals surface area contributed by atoms with Gasteiger partial charge in [-0.25, -0.2) is 9.14 Å². The van der Waals surface area contributed by atoms with Gasteiger partial charge in [0.15, 0.2) is 18.6 Å². The first kappa shape index (κ1) is 33.7. The van der Waals surface area contributed by atoms with Crippen LogP contribution in [0.25, 0.3) is 18.2 Å². The molecule has 1 aliphatic heterocycles. The molecule has 2 heterocycles. The summed E-state index contributed by atoms with van der Waals surface area (Å²) in [5.41, 5.74) is 7.68. The minimum atomic E-state index is 1.00. The lowest BCUT2D eigenvalue weighted by Crippen LogP contribution is -2.30. The zero-order valence-corrected chi connectivity index (χ0v) is 28.7. The number of aromatic nitrogens is 1. The van der Waals surface area contributed by atoms with E-state index in [1.165, 1.54) is 58.0 Å². The van der Waals surface area contributed by atoms with Crippen molar-refractivity contribution in [1.29, 1.82) is 0 Å². The summed E-state index contributed by atoms with van der Waals surface area (Å²) in [6.07, 6.45) is 21.1. The summed E-state index contributed by atoms with van der Waals surface area (Å²) in [6.45, 7) is 9.72. The summed E-state index contributed by atoms with van der Waals surface area (Å²) in [5.74, 6) is 2.37. The molecule has 0 saturated carbocycles. The Kier molecular flexibility index (Phi) is 14.2. The lowest BCUT2D eigenvalue weighted by Gasteiger charge is -2.20. The molecule has 6 heteroatoms. The van der Waals surface area contributed by atoms with Crippen LogP contribution >= 0.6 is 21.6 Å². The lowest BCUT2D eigenvalue weighted by atomic mass is 10.1. The van der Waals surface area contributed by atoms with Crippen LogP contribution in [0.5, 0.6) is 0 Å². The van der Waals surface area contributed by atoms with Crippen molar-refractivity contribution in [3.8, 4) is 0 Å². The Balaban J connectivity index is 1.06. The molecule has 0 aliphatic carbocycles. The van der Waals surface area contributed by atoms with Gasteiger partial charge in [0.1, 0.15) is 19.6 Å². The molecule has 0 radical (unpaired) electrons. The molecule has 0 unspecified atom stereocenters. The average Bonchev–Trinajstić information content (AvgIpc) is 3.08. The number of nitrogens with zero attached hydrogens (tertiary/aromatic N) is 4. The fraction of sp³-hybridized carbons (Fsp3) is 0.368. The molecule has 1 aromatic heterocycles. The molecule has 0 saturated heterocycles. The summed E-state index contributed by atoms with van der Waals surface area (Å²) in [5, 5.41) is 0. The van der Waals surface area contributed by atoms with Crippen LogP contribution < -0.4 is 14.4 Å². The average molecular weight is 627 g/mol. The molecular weight excluding hydrogens is 577 g/mol. The molecule has 232 valence electrons. The highest BCUT2D eigenvalue weighted by molar-refractivity contribution is 8.76. The monoisotopic (exact) mass is 626 g/mol. The molecule has 4 nitrogen and oxygen atoms in total. The predicted octanol–water partition coefficient (Wildman–Crippen LogP) is 8.35. The van der Waals surface area contributed by atoms with Crippen molar-refractivity contribution in [1.82, 2.24) is 0 Å². The molecule has 3 aromatic rings. The minimum absolute atomic E-state index is 1.00. The molecule has 0 N–H and O–H groups in total. The third kappa shape index (κ3) is 11.4. The molecule has 1 aliphatic rings. The van der Waals surface area contributed by atoms with Crippen molar-refractivity contribution in [3.63, 3.8) is 0 Å². The van der Waals surface area contributed by atoms with E-state index in [1.54, 1.807) is 0 Å². The van der Waals surface area contributed by atoms with Crippen molar-refractivity contribution >= 4 is 57.4 Å². The van der Waals surface area contributed by atoms with E-state index in [-0.39, 0.29) is 0 Å². The first-order chi connectivity index (χ1) is 21.5. The van der Waals surface area contributed by atoms with Crippen molar-refractivity contribution < 1.29 is 9.14 Å². The molecule has 0 spiro atoms. The number of hydrogen-bond donors (Lipinski definition) is 0. The SMILES string of the molecule is CC[N+]1=CC=C(/C=C/c2ccc(N(C)CCCSSCCCN(C)c3ccc(/C=C/c4cc[n+](CC)cc4)cc3)cc2)CC1. The van der Waals surface area contributed by atoms with E-state index in [4.69, 9.17) is 0 Å². The molecular formula is C38H50N4S2+2. The van der Waals surface area contributed by atoms with E-state index < -0.39 is 0 Å². The highest BCUT2D eigenvalue weighted by Crippen LogP contribution is 2.24. The summed E-state index contributed by atoms with van der Waals surface area (Å²) in [4.78, 5) is 4.73. The maximum absolute atomic E-state index is 2.37.